The first-order chi connectivity index (χ1) is 14.4. The van der Waals surface area contributed by atoms with E-state index in [1.165, 1.54) is 12.1 Å². The maximum absolute atomic E-state index is 13.5. The van der Waals surface area contributed by atoms with Crippen LogP contribution >= 0.6 is 0 Å². The van der Waals surface area contributed by atoms with Crippen molar-refractivity contribution in [2.75, 3.05) is 5.32 Å². The zero-order valence-corrected chi connectivity index (χ0v) is 16.8. The number of aromatic carboxylic acids is 1. The van der Waals surface area contributed by atoms with Crippen LogP contribution in [0.2, 0.25) is 0 Å². The number of carboxylic acids is 1. The van der Waals surface area contributed by atoms with Crippen molar-refractivity contribution in [3.05, 3.63) is 69.7 Å². The molecule has 0 bridgehead atoms. The Morgan fingerprint density at radius 3 is 2.80 bits per heavy atom. The summed E-state index contributed by atoms with van der Waals surface area (Å²) in [5, 5.41) is 12.6. The first kappa shape index (κ1) is 20.1. The quantitative estimate of drug-likeness (QED) is 0.768. The van der Waals surface area contributed by atoms with Crippen LogP contribution in [-0.2, 0) is 6.54 Å². The second-order valence-electron chi connectivity index (χ2n) is 7.74. The number of benzene rings is 1. The molecule has 0 radical (unpaired) electrons. The Bertz CT molecular complexity index is 1120. The van der Waals surface area contributed by atoms with Crippen molar-refractivity contribution in [3.63, 3.8) is 0 Å². The molecule has 6 nitrogen and oxygen atoms in total. The first-order valence-corrected chi connectivity index (χ1v) is 10.2. The Labute approximate surface area is 173 Å². The highest BCUT2D eigenvalue weighted by Gasteiger charge is 2.23. The number of carboxylic acid groups (broad SMARTS) is 1. The number of allylic oxidation sites excluding steroid dienone is 3. The van der Waals surface area contributed by atoms with Crippen LogP contribution in [0, 0.1) is 5.82 Å². The largest absolute Gasteiger partial charge is 0.478 e. The molecular formula is C23H24FN3O3. The summed E-state index contributed by atoms with van der Waals surface area (Å²) in [5.41, 5.74) is 2.77. The van der Waals surface area contributed by atoms with Gasteiger partial charge >= 0.3 is 5.97 Å². The Hall–Kier alpha value is -3.22. The van der Waals surface area contributed by atoms with Crippen LogP contribution in [0.4, 0.5) is 10.1 Å². The maximum atomic E-state index is 13.5. The smallest absolute Gasteiger partial charge is 0.337 e. The van der Waals surface area contributed by atoms with E-state index in [0.717, 1.165) is 48.6 Å². The van der Waals surface area contributed by atoms with E-state index in [2.05, 4.69) is 11.4 Å². The number of nitrogens with zero attached hydrogens (tertiary/aromatic N) is 2. The Morgan fingerprint density at radius 1 is 1.23 bits per heavy atom. The summed E-state index contributed by atoms with van der Waals surface area (Å²) < 4.78 is 15.2. The van der Waals surface area contributed by atoms with Gasteiger partial charge in [0.25, 0.3) is 5.56 Å². The van der Waals surface area contributed by atoms with Gasteiger partial charge in [-0.1, -0.05) is 12.2 Å². The number of anilines is 1. The average Bonchev–Trinajstić information content (AvgIpc) is 2.75. The van der Waals surface area contributed by atoms with Gasteiger partial charge in [-0.3, -0.25) is 9.36 Å². The fourth-order valence-electron chi connectivity index (χ4n) is 4.12. The first-order valence-electron chi connectivity index (χ1n) is 10.2. The highest BCUT2D eigenvalue weighted by molar-refractivity contribution is 5.94. The molecule has 2 aliphatic rings. The van der Waals surface area contributed by atoms with Gasteiger partial charge in [0, 0.05) is 23.9 Å². The van der Waals surface area contributed by atoms with Crippen molar-refractivity contribution in [1.29, 1.82) is 0 Å². The second-order valence-corrected chi connectivity index (χ2v) is 7.74. The van der Waals surface area contributed by atoms with Gasteiger partial charge in [-0.05, 0) is 62.8 Å². The zero-order chi connectivity index (χ0) is 21.3. The van der Waals surface area contributed by atoms with Crippen molar-refractivity contribution in [2.45, 2.75) is 51.6 Å². The van der Waals surface area contributed by atoms with Crippen LogP contribution in [0.15, 0.2) is 41.2 Å². The summed E-state index contributed by atoms with van der Waals surface area (Å²) in [6.07, 6.45) is 9.04. The number of carbonyl (C=O) groups is 1. The molecule has 0 amide bonds. The van der Waals surface area contributed by atoms with Crippen LogP contribution in [0.25, 0.3) is 11.1 Å². The number of aromatic nitrogens is 2. The Morgan fingerprint density at radius 2 is 2.07 bits per heavy atom. The molecule has 7 heteroatoms. The lowest BCUT2D eigenvalue weighted by Crippen LogP contribution is -2.31. The molecule has 1 aliphatic carbocycles. The summed E-state index contributed by atoms with van der Waals surface area (Å²) in [6.45, 7) is 2.45. The van der Waals surface area contributed by atoms with Crippen molar-refractivity contribution in [3.8, 4) is 0 Å². The molecule has 1 aliphatic heterocycles. The van der Waals surface area contributed by atoms with Crippen molar-refractivity contribution >= 4 is 22.8 Å². The van der Waals surface area contributed by atoms with E-state index in [1.54, 1.807) is 10.6 Å². The number of hydrogen-bond acceptors (Lipinski definition) is 4. The molecule has 30 heavy (non-hydrogen) atoms. The number of nitrogens with one attached hydrogen (secondary N) is 1. The number of fused-ring (bicyclic) bond motifs is 1. The lowest BCUT2D eigenvalue weighted by atomic mass is 9.96. The van der Waals surface area contributed by atoms with Crippen LogP contribution in [0.5, 0.6) is 0 Å². The van der Waals surface area contributed by atoms with E-state index in [0.29, 0.717) is 24.5 Å². The molecule has 2 heterocycles. The van der Waals surface area contributed by atoms with Gasteiger partial charge in [-0.15, -0.1) is 0 Å². The molecule has 0 saturated carbocycles. The van der Waals surface area contributed by atoms with Gasteiger partial charge in [0.2, 0.25) is 0 Å². The predicted octanol–water partition coefficient (Wildman–Crippen LogP) is 4.33. The van der Waals surface area contributed by atoms with Crippen molar-refractivity contribution in [1.82, 2.24) is 9.55 Å². The summed E-state index contributed by atoms with van der Waals surface area (Å²) in [6, 6.07) is 4.94. The topological polar surface area (TPSA) is 84.2 Å². The van der Waals surface area contributed by atoms with Gasteiger partial charge in [-0.2, -0.15) is 0 Å². The molecule has 0 unspecified atom stereocenters. The molecule has 0 spiro atoms. The normalized spacial score (nSPS) is 16.9. The van der Waals surface area contributed by atoms with Gasteiger partial charge in [0.1, 0.15) is 11.6 Å². The average molecular weight is 409 g/mol. The predicted molar refractivity (Wildman–Crippen MR) is 114 cm³/mol. The number of hydrogen-bond donors (Lipinski definition) is 2. The minimum absolute atomic E-state index is 0.0766. The SMILES string of the molecule is C[C@@H](Nc1ccc(F)cc1C(=O)O)C1=CCCn2c1nc(C1=CCCCC1)cc2=O. The summed E-state index contributed by atoms with van der Waals surface area (Å²) in [5.74, 6) is -1.20. The molecule has 2 N–H and O–H groups in total. The zero-order valence-electron chi connectivity index (χ0n) is 16.8. The number of halogens is 1. The summed E-state index contributed by atoms with van der Waals surface area (Å²) >= 11 is 0. The van der Waals surface area contributed by atoms with E-state index in [4.69, 9.17) is 4.98 Å². The minimum Gasteiger partial charge on any atom is -0.478 e. The van der Waals surface area contributed by atoms with Gasteiger partial charge in [0.05, 0.1) is 17.3 Å². The monoisotopic (exact) mass is 409 g/mol. The van der Waals surface area contributed by atoms with Gasteiger partial charge < -0.3 is 10.4 Å². The van der Waals surface area contributed by atoms with E-state index in [-0.39, 0.29) is 17.2 Å². The molecule has 2 aromatic rings. The Balaban J connectivity index is 1.69. The van der Waals surface area contributed by atoms with Crippen molar-refractivity contribution < 1.29 is 14.3 Å². The molecular weight excluding hydrogens is 385 g/mol. The van der Waals surface area contributed by atoms with Crippen molar-refractivity contribution in [2.24, 2.45) is 0 Å². The van der Waals surface area contributed by atoms with E-state index in [1.807, 2.05) is 13.0 Å². The highest BCUT2D eigenvalue weighted by Crippen LogP contribution is 2.29. The van der Waals surface area contributed by atoms with E-state index < -0.39 is 11.8 Å². The fourth-order valence-corrected chi connectivity index (χ4v) is 4.12. The highest BCUT2D eigenvalue weighted by atomic mass is 19.1. The molecule has 1 aromatic carbocycles. The third-order valence-electron chi connectivity index (χ3n) is 5.65. The third kappa shape index (κ3) is 3.92. The van der Waals surface area contributed by atoms with Crippen LogP contribution in [0.1, 0.15) is 60.9 Å². The second kappa shape index (κ2) is 8.26. The van der Waals surface area contributed by atoms with Gasteiger partial charge in [-0.25, -0.2) is 14.2 Å². The summed E-state index contributed by atoms with van der Waals surface area (Å²) in [7, 11) is 0. The van der Waals surface area contributed by atoms with Crippen LogP contribution in [-0.4, -0.2) is 26.7 Å². The molecule has 1 atom stereocenters. The fraction of sp³-hybridized carbons (Fsp3) is 0.348. The summed E-state index contributed by atoms with van der Waals surface area (Å²) in [4.78, 5) is 29.1. The number of rotatable bonds is 5. The van der Waals surface area contributed by atoms with E-state index >= 15 is 0 Å². The van der Waals surface area contributed by atoms with Gasteiger partial charge in [0.15, 0.2) is 0 Å². The van der Waals surface area contributed by atoms with Crippen LogP contribution < -0.4 is 10.9 Å². The maximum Gasteiger partial charge on any atom is 0.337 e. The minimum atomic E-state index is -1.21. The van der Waals surface area contributed by atoms with Crippen LogP contribution in [0.3, 0.4) is 0 Å². The third-order valence-corrected chi connectivity index (χ3v) is 5.65. The lowest BCUT2D eigenvalue weighted by molar-refractivity contribution is 0.0697. The lowest BCUT2D eigenvalue weighted by Gasteiger charge is -2.26. The van der Waals surface area contributed by atoms with E-state index in [9.17, 15) is 19.1 Å². The molecule has 0 fully saturated rings. The molecule has 4 rings (SSSR count). The Kier molecular flexibility index (Phi) is 5.53. The molecule has 0 saturated heterocycles. The molecule has 156 valence electrons. The standard InChI is InChI=1S/C23H24FN3O3/c1-14(25-19-10-9-16(24)12-18(19)23(29)30)17-8-5-11-27-21(28)13-20(26-22(17)27)15-6-3-2-4-7-15/h6,8-10,12-14,25H,2-5,7,11H2,1H3,(H,29,30)/t14-/m1/s1. The molecule has 1 aromatic heterocycles.